The van der Waals surface area contributed by atoms with Gasteiger partial charge in [-0.15, -0.1) is 12.4 Å². The van der Waals surface area contributed by atoms with Crippen LogP contribution in [0.15, 0.2) is 0 Å². The lowest BCUT2D eigenvalue weighted by Gasteiger charge is -2.21. The first-order valence-electron chi connectivity index (χ1n) is 6.20. The van der Waals surface area contributed by atoms with E-state index in [0.717, 1.165) is 12.5 Å². The minimum atomic E-state index is -0.169. The number of nitrogens with one attached hydrogen (secondary N) is 2. The van der Waals surface area contributed by atoms with Gasteiger partial charge in [-0.25, -0.2) is 0 Å². The minimum Gasteiger partial charge on any atom is -0.359 e. The van der Waals surface area contributed by atoms with Crippen LogP contribution in [0.3, 0.4) is 0 Å². The zero-order chi connectivity index (χ0) is 12.8. The zero-order valence-electron chi connectivity index (χ0n) is 11.4. The first-order chi connectivity index (χ1) is 8.04. The van der Waals surface area contributed by atoms with Gasteiger partial charge in [0, 0.05) is 20.6 Å². The number of halogens is 1. The van der Waals surface area contributed by atoms with Crippen LogP contribution in [0.5, 0.6) is 0 Å². The first kappa shape index (κ1) is 17.2. The van der Waals surface area contributed by atoms with Crippen LogP contribution in [0.1, 0.15) is 19.8 Å². The number of amides is 2. The Hall–Kier alpha value is -0.810. The topological polar surface area (TPSA) is 61.4 Å². The molecule has 0 aromatic rings. The highest BCUT2D eigenvalue weighted by atomic mass is 35.5. The van der Waals surface area contributed by atoms with E-state index in [-0.39, 0.29) is 30.1 Å². The molecule has 0 radical (unpaired) electrons. The lowest BCUT2D eigenvalue weighted by Crippen LogP contribution is -2.41. The van der Waals surface area contributed by atoms with E-state index in [1.165, 1.54) is 12.8 Å². The van der Waals surface area contributed by atoms with Gasteiger partial charge in [-0.05, 0) is 25.3 Å². The van der Waals surface area contributed by atoms with Gasteiger partial charge in [-0.3, -0.25) is 9.59 Å². The van der Waals surface area contributed by atoms with Gasteiger partial charge in [0.05, 0.1) is 12.5 Å². The Morgan fingerprint density at radius 2 is 2.00 bits per heavy atom. The molecule has 6 heteroatoms. The minimum absolute atomic E-state index is 0. The lowest BCUT2D eigenvalue weighted by molar-refractivity contribution is -0.131. The highest BCUT2D eigenvalue weighted by Gasteiger charge is 2.21. The number of likely N-dealkylation sites (N-methyl/N-ethyl adjacent to an activating group) is 1. The number of nitrogens with zero attached hydrogens (tertiary/aromatic N) is 1. The zero-order valence-corrected chi connectivity index (χ0v) is 12.2. The van der Waals surface area contributed by atoms with Gasteiger partial charge in [0.1, 0.15) is 0 Å². The SMILES string of the molecule is CNC(=O)C(C)CN(C)C(=O)CNCC1CC1.Cl. The molecule has 0 aromatic heterocycles. The van der Waals surface area contributed by atoms with Crippen LogP contribution in [0.25, 0.3) is 0 Å². The summed E-state index contributed by atoms with van der Waals surface area (Å²) in [5.74, 6) is 0.618. The fourth-order valence-electron chi connectivity index (χ4n) is 1.68. The molecule has 0 aromatic carbocycles. The molecule has 0 spiro atoms. The third kappa shape index (κ3) is 6.21. The van der Waals surface area contributed by atoms with Crippen LogP contribution < -0.4 is 10.6 Å². The van der Waals surface area contributed by atoms with Crippen molar-refractivity contribution in [2.24, 2.45) is 11.8 Å². The van der Waals surface area contributed by atoms with Crippen LogP contribution in [-0.2, 0) is 9.59 Å². The summed E-state index contributed by atoms with van der Waals surface area (Å²) >= 11 is 0. The van der Waals surface area contributed by atoms with Crippen LogP contribution >= 0.6 is 12.4 Å². The molecule has 106 valence electrons. The van der Waals surface area contributed by atoms with Crippen LogP contribution in [0.2, 0.25) is 0 Å². The maximum Gasteiger partial charge on any atom is 0.236 e. The Labute approximate surface area is 115 Å². The predicted molar refractivity (Wildman–Crippen MR) is 73.7 cm³/mol. The number of rotatable bonds is 7. The first-order valence-corrected chi connectivity index (χ1v) is 6.20. The molecule has 1 aliphatic rings. The van der Waals surface area contributed by atoms with Gasteiger partial charge in [-0.1, -0.05) is 6.92 Å². The van der Waals surface area contributed by atoms with Crippen molar-refractivity contribution in [1.82, 2.24) is 15.5 Å². The normalized spacial score (nSPS) is 15.5. The van der Waals surface area contributed by atoms with Crippen molar-refractivity contribution in [3.63, 3.8) is 0 Å². The average molecular weight is 278 g/mol. The van der Waals surface area contributed by atoms with Crippen molar-refractivity contribution < 1.29 is 9.59 Å². The predicted octanol–water partition coefficient (Wildman–Crippen LogP) is 0.248. The molecule has 1 aliphatic carbocycles. The Morgan fingerprint density at radius 1 is 1.39 bits per heavy atom. The Bertz CT molecular complexity index is 282. The van der Waals surface area contributed by atoms with Crippen LogP contribution in [-0.4, -0.2) is 50.4 Å². The van der Waals surface area contributed by atoms with Gasteiger partial charge in [0.15, 0.2) is 0 Å². The Kier molecular flexibility index (Phi) is 7.95. The molecule has 0 bridgehead atoms. The number of hydrogen-bond donors (Lipinski definition) is 2. The van der Waals surface area contributed by atoms with Crippen LogP contribution in [0, 0.1) is 11.8 Å². The Morgan fingerprint density at radius 3 is 2.50 bits per heavy atom. The average Bonchev–Trinajstić information content (AvgIpc) is 3.11. The summed E-state index contributed by atoms with van der Waals surface area (Å²) in [7, 11) is 3.35. The molecule has 0 aliphatic heterocycles. The second-order valence-electron chi connectivity index (χ2n) is 4.86. The molecule has 2 N–H and O–H groups in total. The van der Waals surface area contributed by atoms with E-state index in [4.69, 9.17) is 0 Å². The molecule has 1 rings (SSSR count). The van der Waals surface area contributed by atoms with Crippen molar-refractivity contribution in [1.29, 1.82) is 0 Å². The molecular formula is C12H24ClN3O2. The maximum absolute atomic E-state index is 11.7. The number of carbonyl (C=O) groups is 2. The molecule has 1 saturated carbocycles. The third-order valence-electron chi connectivity index (χ3n) is 3.07. The van der Waals surface area contributed by atoms with E-state index in [1.807, 2.05) is 6.92 Å². The summed E-state index contributed by atoms with van der Waals surface area (Å²) in [6, 6.07) is 0. The van der Waals surface area contributed by atoms with Gasteiger partial charge in [-0.2, -0.15) is 0 Å². The van der Waals surface area contributed by atoms with E-state index < -0.39 is 0 Å². The second-order valence-corrected chi connectivity index (χ2v) is 4.86. The third-order valence-corrected chi connectivity index (χ3v) is 3.07. The molecule has 1 atom stereocenters. The van der Waals surface area contributed by atoms with Crippen molar-refractivity contribution in [3.8, 4) is 0 Å². The van der Waals surface area contributed by atoms with Gasteiger partial charge < -0.3 is 15.5 Å². The largest absolute Gasteiger partial charge is 0.359 e. The van der Waals surface area contributed by atoms with Crippen molar-refractivity contribution in [2.45, 2.75) is 19.8 Å². The van der Waals surface area contributed by atoms with Gasteiger partial charge >= 0.3 is 0 Å². The van der Waals surface area contributed by atoms with E-state index in [0.29, 0.717) is 13.1 Å². The maximum atomic E-state index is 11.7. The van der Waals surface area contributed by atoms with Gasteiger partial charge in [0.25, 0.3) is 0 Å². The van der Waals surface area contributed by atoms with E-state index in [9.17, 15) is 9.59 Å². The molecular weight excluding hydrogens is 254 g/mol. The number of hydrogen-bond acceptors (Lipinski definition) is 3. The lowest BCUT2D eigenvalue weighted by atomic mass is 10.1. The monoisotopic (exact) mass is 277 g/mol. The molecule has 18 heavy (non-hydrogen) atoms. The summed E-state index contributed by atoms with van der Waals surface area (Å²) in [6.45, 7) is 3.59. The summed E-state index contributed by atoms with van der Waals surface area (Å²) in [5.41, 5.74) is 0. The van der Waals surface area contributed by atoms with E-state index >= 15 is 0 Å². The van der Waals surface area contributed by atoms with Crippen molar-refractivity contribution in [3.05, 3.63) is 0 Å². The fourth-order valence-corrected chi connectivity index (χ4v) is 1.68. The highest BCUT2D eigenvalue weighted by molar-refractivity contribution is 5.85. The summed E-state index contributed by atoms with van der Waals surface area (Å²) in [4.78, 5) is 24.7. The summed E-state index contributed by atoms with van der Waals surface area (Å²) in [6.07, 6.45) is 2.56. The fraction of sp³-hybridized carbons (Fsp3) is 0.833. The molecule has 2 amide bonds. The molecule has 1 fully saturated rings. The van der Waals surface area contributed by atoms with E-state index in [1.54, 1.807) is 19.0 Å². The molecule has 0 heterocycles. The van der Waals surface area contributed by atoms with Gasteiger partial charge in [0.2, 0.25) is 11.8 Å². The van der Waals surface area contributed by atoms with E-state index in [2.05, 4.69) is 10.6 Å². The van der Waals surface area contributed by atoms with Crippen LogP contribution in [0.4, 0.5) is 0 Å². The summed E-state index contributed by atoms with van der Waals surface area (Å²) in [5, 5.41) is 5.74. The second kappa shape index (κ2) is 8.32. The summed E-state index contributed by atoms with van der Waals surface area (Å²) < 4.78 is 0. The molecule has 0 saturated heterocycles. The smallest absolute Gasteiger partial charge is 0.236 e. The molecule has 5 nitrogen and oxygen atoms in total. The Balaban J connectivity index is 0.00000289. The van der Waals surface area contributed by atoms with Crippen molar-refractivity contribution in [2.75, 3.05) is 33.7 Å². The quantitative estimate of drug-likeness (QED) is 0.701. The standard InChI is InChI=1S/C12H23N3O2.ClH/c1-9(12(17)13-2)8-15(3)11(16)7-14-6-10-4-5-10;/h9-10,14H,4-8H2,1-3H3,(H,13,17);1H. The highest BCUT2D eigenvalue weighted by Crippen LogP contribution is 2.27. The molecule has 1 unspecified atom stereocenters. The number of carbonyl (C=O) groups excluding carboxylic acids is 2. The van der Waals surface area contributed by atoms with Crippen molar-refractivity contribution >= 4 is 24.2 Å².